The number of aryl methyl sites for hydroxylation is 2. The summed E-state index contributed by atoms with van der Waals surface area (Å²) >= 11 is 1.48. The van der Waals surface area contributed by atoms with Crippen LogP contribution in [-0.4, -0.2) is 36.0 Å². The van der Waals surface area contributed by atoms with Crippen LogP contribution in [0.5, 0.6) is 0 Å². The Morgan fingerprint density at radius 2 is 2.06 bits per heavy atom. The van der Waals surface area contributed by atoms with Gasteiger partial charge >= 0.3 is 0 Å². The second kappa shape index (κ2) is 7.66. The summed E-state index contributed by atoms with van der Waals surface area (Å²) in [5.74, 6) is 0.941. The molecule has 3 aromatic heterocycles. The monoisotopic (exact) mass is 432 g/mol. The number of nitrogens with one attached hydrogen (secondary N) is 1. The summed E-state index contributed by atoms with van der Waals surface area (Å²) < 4.78 is 3.31. The SMILES string of the molecule is Cc1cccc(-n2ncc3c(=O)n4c(nc32)SC[C@@H]4CC(=O)Nc2cc(C)ccn2)c1. The molecular formula is C22H20N6O2S. The Morgan fingerprint density at radius 3 is 2.87 bits per heavy atom. The first kappa shape index (κ1) is 19.5. The standard InChI is InChI=1S/C22H20N6O2S/c1-13-4-3-5-15(8-13)28-20-17(11-24-28)21(30)27-16(12-31-22(27)26-20)10-19(29)25-18-9-14(2)6-7-23-18/h3-9,11,16H,10,12H2,1-2H3,(H,23,25,29)/t16-/m0/s1. The number of amides is 1. The summed E-state index contributed by atoms with van der Waals surface area (Å²) in [5, 5.41) is 8.27. The second-order valence-corrected chi connectivity index (χ2v) is 8.62. The van der Waals surface area contributed by atoms with Gasteiger partial charge in [0.15, 0.2) is 10.8 Å². The molecule has 1 aliphatic rings. The van der Waals surface area contributed by atoms with Gasteiger partial charge in [0.05, 0.1) is 17.9 Å². The van der Waals surface area contributed by atoms with Gasteiger partial charge in [-0.05, 0) is 49.2 Å². The molecule has 0 saturated heterocycles. The summed E-state index contributed by atoms with van der Waals surface area (Å²) in [7, 11) is 0. The zero-order valence-corrected chi connectivity index (χ0v) is 17.9. The highest BCUT2D eigenvalue weighted by Gasteiger charge is 2.29. The van der Waals surface area contributed by atoms with Crippen molar-refractivity contribution in [2.45, 2.75) is 31.5 Å². The summed E-state index contributed by atoms with van der Waals surface area (Å²) in [4.78, 5) is 34.7. The van der Waals surface area contributed by atoms with E-state index in [1.807, 2.05) is 50.2 Å². The molecule has 31 heavy (non-hydrogen) atoms. The number of pyridine rings is 1. The van der Waals surface area contributed by atoms with Gasteiger partial charge in [0, 0.05) is 18.4 Å². The lowest BCUT2D eigenvalue weighted by molar-refractivity contribution is -0.116. The molecule has 0 aliphatic carbocycles. The number of carbonyl (C=O) groups is 1. The van der Waals surface area contributed by atoms with E-state index in [2.05, 4.69) is 15.4 Å². The average Bonchev–Trinajstić information content (AvgIpc) is 3.33. The smallest absolute Gasteiger partial charge is 0.265 e. The molecule has 1 atom stereocenters. The average molecular weight is 433 g/mol. The first-order valence-corrected chi connectivity index (χ1v) is 10.9. The second-order valence-electron chi connectivity index (χ2n) is 7.64. The largest absolute Gasteiger partial charge is 0.311 e. The van der Waals surface area contributed by atoms with Gasteiger partial charge in [-0.15, -0.1) is 0 Å². The zero-order valence-electron chi connectivity index (χ0n) is 17.1. The molecule has 0 radical (unpaired) electrons. The molecule has 0 unspecified atom stereocenters. The molecule has 1 aromatic carbocycles. The number of hydrogen-bond donors (Lipinski definition) is 1. The Kier molecular flexibility index (Phi) is 4.82. The van der Waals surface area contributed by atoms with E-state index in [1.165, 1.54) is 11.8 Å². The first-order chi connectivity index (χ1) is 15.0. The van der Waals surface area contributed by atoms with Crippen molar-refractivity contribution in [3.05, 3.63) is 70.3 Å². The van der Waals surface area contributed by atoms with Crippen molar-refractivity contribution in [3.8, 4) is 5.69 Å². The van der Waals surface area contributed by atoms with Gasteiger partial charge in [-0.1, -0.05) is 23.9 Å². The lowest BCUT2D eigenvalue weighted by atomic mass is 10.2. The molecule has 1 aliphatic heterocycles. The predicted octanol–water partition coefficient (Wildman–Crippen LogP) is 3.27. The molecule has 9 heteroatoms. The van der Waals surface area contributed by atoms with Crippen molar-refractivity contribution in [3.63, 3.8) is 0 Å². The Labute approximate surface area is 182 Å². The molecule has 156 valence electrons. The summed E-state index contributed by atoms with van der Waals surface area (Å²) in [5.41, 5.74) is 3.33. The van der Waals surface area contributed by atoms with Crippen LogP contribution < -0.4 is 10.9 Å². The van der Waals surface area contributed by atoms with E-state index in [-0.39, 0.29) is 23.9 Å². The lowest BCUT2D eigenvalue weighted by Crippen LogP contribution is -2.28. The maximum absolute atomic E-state index is 13.2. The first-order valence-electron chi connectivity index (χ1n) is 9.92. The van der Waals surface area contributed by atoms with Crippen molar-refractivity contribution in [2.75, 3.05) is 11.1 Å². The van der Waals surface area contributed by atoms with Crippen LogP contribution in [0.25, 0.3) is 16.7 Å². The van der Waals surface area contributed by atoms with Gasteiger partial charge in [-0.3, -0.25) is 14.2 Å². The molecule has 1 N–H and O–H groups in total. The molecular weight excluding hydrogens is 412 g/mol. The van der Waals surface area contributed by atoms with E-state index in [4.69, 9.17) is 4.98 Å². The van der Waals surface area contributed by atoms with E-state index < -0.39 is 0 Å². The zero-order chi connectivity index (χ0) is 21.5. The normalized spacial score (nSPS) is 15.2. The van der Waals surface area contributed by atoms with Gasteiger partial charge in [0.1, 0.15) is 11.2 Å². The number of hydrogen-bond acceptors (Lipinski definition) is 6. The van der Waals surface area contributed by atoms with Crippen molar-refractivity contribution in [2.24, 2.45) is 0 Å². The number of anilines is 1. The minimum absolute atomic E-state index is 0.171. The van der Waals surface area contributed by atoms with Crippen LogP contribution in [0, 0.1) is 13.8 Å². The molecule has 0 saturated carbocycles. The van der Waals surface area contributed by atoms with Crippen LogP contribution in [0.1, 0.15) is 23.6 Å². The van der Waals surface area contributed by atoms with Crippen LogP contribution in [0.3, 0.4) is 0 Å². The highest BCUT2D eigenvalue weighted by molar-refractivity contribution is 7.99. The van der Waals surface area contributed by atoms with Crippen molar-refractivity contribution in [1.82, 2.24) is 24.3 Å². The number of rotatable bonds is 4. The predicted molar refractivity (Wildman–Crippen MR) is 120 cm³/mol. The summed E-state index contributed by atoms with van der Waals surface area (Å²) in [6.45, 7) is 3.95. The Bertz CT molecular complexity index is 1380. The van der Waals surface area contributed by atoms with Gasteiger partial charge in [-0.2, -0.15) is 5.10 Å². The van der Waals surface area contributed by atoms with Crippen LogP contribution in [0.4, 0.5) is 5.82 Å². The maximum atomic E-state index is 13.2. The molecule has 5 rings (SSSR count). The third kappa shape index (κ3) is 3.61. The molecule has 0 spiro atoms. The van der Waals surface area contributed by atoms with Crippen LogP contribution in [0.2, 0.25) is 0 Å². The Hall–Kier alpha value is -3.46. The molecule has 1 amide bonds. The number of thioether (sulfide) groups is 1. The van der Waals surface area contributed by atoms with Crippen LogP contribution >= 0.6 is 11.8 Å². The van der Waals surface area contributed by atoms with Crippen molar-refractivity contribution < 1.29 is 4.79 Å². The van der Waals surface area contributed by atoms with Gasteiger partial charge < -0.3 is 5.32 Å². The fraction of sp³-hybridized carbons (Fsp3) is 0.227. The number of nitrogens with zero attached hydrogens (tertiary/aromatic N) is 5. The van der Waals surface area contributed by atoms with E-state index in [0.29, 0.717) is 27.8 Å². The van der Waals surface area contributed by atoms with E-state index in [9.17, 15) is 9.59 Å². The van der Waals surface area contributed by atoms with E-state index >= 15 is 0 Å². The topological polar surface area (TPSA) is 94.7 Å². The number of fused-ring (bicyclic) bond motifs is 2. The van der Waals surface area contributed by atoms with Crippen molar-refractivity contribution in [1.29, 1.82) is 0 Å². The lowest BCUT2D eigenvalue weighted by Gasteiger charge is -2.13. The fourth-order valence-electron chi connectivity index (χ4n) is 3.74. The van der Waals surface area contributed by atoms with Gasteiger partial charge in [0.2, 0.25) is 5.91 Å². The molecule has 4 heterocycles. The number of carbonyl (C=O) groups excluding carboxylic acids is 1. The minimum Gasteiger partial charge on any atom is -0.311 e. The number of benzene rings is 1. The molecule has 4 aromatic rings. The number of aromatic nitrogens is 5. The van der Waals surface area contributed by atoms with E-state index in [0.717, 1.165) is 16.8 Å². The molecule has 8 nitrogen and oxygen atoms in total. The van der Waals surface area contributed by atoms with Crippen LogP contribution in [-0.2, 0) is 4.79 Å². The Balaban J connectivity index is 1.45. The Morgan fingerprint density at radius 1 is 1.23 bits per heavy atom. The third-order valence-corrected chi connectivity index (χ3v) is 6.32. The summed E-state index contributed by atoms with van der Waals surface area (Å²) in [6.07, 6.45) is 3.38. The van der Waals surface area contributed by atoms with Crippen LogP contribution in [0.15, 0.2) is 58.7 Å². The maximum Gasteiger partial charge on any atom is 0.265 e. The van der Waals surface area contributed by atoms with E-state index in [1.54, 1.807) is 21.6 Å². The highest BCUT2D eigenvalue weighted by Crippen LogP contribution is 2.33. The summed E-state index contributed by atoms with van der Waals surface area (Å²) in [6, 6.07) is 11.3. The fourth-order valence-corrected chi connectivity index (χ4v) is 4.87. The quantitative estimate of drug-likeness (QED) is 0.498. The van der Waals surface area contributed by atoms with Crippen molar-refractivity contribution >= 4 is 34.5 Å². The third-order valence-electron chi connectivity index (χ3n) is 5.22. The minimum atomic E-state index is -0.267. The van der Waals surface area contributed by atoms with Gasteiger partial charge in [-0.25, -0.2) is 14.6 Å². The van der Waals surface area contributed by atoms with Gasteiger partial charge in [0.25, 0.3) is 5.56 Å². The molecule has 0 bridgehead atoms. The highest BCUT2D eigenvalue weighted by atomic mass is 32.2. The molecule has 0 fully saturated rings.